The number of amides is 1. The van der Waals surface area contributed by atoms with Crippen LogP contribution in [0, 0.1) is 0 Å². The highest BCUT2D eigenvalue weighted by atomic mass is 32.2. The van der Waals surface area contributed by atoms with Crippen molar-refractivity contribution in [3.8, 4) is 0 Å². The Bertz CT molecular complexity index is 989. The van der Waals surface area contributed by atoms with Crippen LogP contribution in [0.25, 0.3) is 0 Å². The van der Waals surface area contributed by atoms with Gasteiger partial charge in [-0.3, -0.25) is 4.79 Å². The summed E-state index contributed by atoms with van der Waals surface area (Å²) in [6.45, 7) is 3.40. The van der Waals surface area contributed by atoms with Gasteiger partial charge in [0, 0.05) is 19.1 Å². The largest absolute Gasteiger partial charge is 0.417 e. The summed E-state index contributed by atoms with van der Waals surface area (Å²) in [7, 11) is -8.00. The molecule has 0 aliphatic carbocycles. The van der Waals surface area contributed by atoms with E-state index in [0.29, 0.717) is 25.3 Å². The molecule has 8 nitrogen and oxygen atoms in total. The van der Waals surface area contributed by atoms with Crippen molar-refractivity contribution in [2.24, 2.45) is 0 Å². The molecule has 1 heterocycles. The van der Waals surface area contributed by atoms with Crippen molar-refractivity contribution in [1.82, 2.24) is 14.3 Å². The molecule has 2 rings (SSSR count). The zero-order valence-electron chi connectivity index (χ0n) is 17.1. The first kappa shape index (κ1) is 25.6. The zero-order chi connectivity index (χ0) is 23.4. The van der Waals surface area contributed by atoms with Crippen LogP contribution in [0.1, 0.15) is 38.7 Å². The van der Waals surface area contributed by atoms with Crippen molar-refractivity contribution >= 4 is 26.0 Å². The maximum absolute atomic E-state index is 13.2. The highest BCUT2D eigenvalue weighted by Crippen LogP contribution is 2.34. The molecule has 0 spiro atoms. The van der Waals surface area contributed by atoms with Crippen molar-refractivity contribution in [3.63, 3.8) is 0 Å². The van der Waals surface area contributed by atoms with Gasteiger partial charge in [0.2, 0.25) is 26.0 Å². The Morgan fingerprint density at radius 2 is 1.74 bits per heavy atom. The molecule has 31 heavy (non-hydrogen) atoms. The third-order valence-corrected chi connectivity index (χ3v) is 8.05. The van der Waals surface area contributed by atoms with Gasteiger partial charge in [-0.2, -0.15) is 17.9 Å². The van der Waals surface area contributed by atoms with Crippen LogP contribution in [0.5, 0.6) is 0 Å². The number of carbonyl (C=O) groups excluding carboxylic acids is 1. The Morgan fingerprint density at radius 1 is 1.16 bits per heavy atom. The lowest BCUT2D eigenvalue weighted by atomic mass is 10.1. The molecule has 0 radical (unpaired) electrons. The highest BCUT2D eigenvalue weighted by molar-refractivity contribution is 7.89. The van der Waals surface area contributed by atoms with Gasteiger partial charge in [0.15, 0.2) is 0 Å². The number of sulfonamides is 2. The van der Waals surface area contributed by atoms with Crippen molar-refractivity contribution in [3.05, 3.63) is 29.8 Å². The fourth-order valence-corrected chi connectivity index (χ4v) is 6.18. The molecule has 0 bridgehead atoms. The Morgan fingerprint density at radius 3 is 2.29 bits per heavy atom. The average Bonchev–Trinajstić information content (AvgIpc) is 2.66. The zero-order valence-corrected chi connectivity index (χ0v) is 18.8. The van der Waals surface area contributed by atoms with Gasteiger partial charge in [-0.25, -0.2) is 21.6 Å². The van der Waals surface area contributed by atoms with Crippen molar-refractivity contribution in [1.29, 1.82) is 0 Å². The van der Waals surface area contributed by atoms with Crippen LogP contribution in [0.4, 0.5) is 13.2 Å². The molecular weight excluding hydrogens is 459 g/mol. The minimum atomic E-state index is -4.87. The summed E-state index contributed by atoms with van der Waals surface area (Å²) in [5.74, 6) is -0.590. The van der Waals surface area contributed by atoms with Crippen LogP contribution in [0.3, 0.4) is 0 Å². The van der Waals surface area contributed by atoms with E-state index in [1.165, 1.54) is 17.9 Å². The van der Waals surface area contributed by atoms with E-state index in [1.54, 1.807) is 6.92 Å². The number of hydrogen-bond acceptors (Lipinski definition) is 5. The van der Waals surface area contributed by atoms with E-state index in [9.17, 15) is 34.8 Å². The fourth-order valence-electron chi connectivity index (χ4n) is 3.35. The summed E-state index contributed by atoms with van der Waals surface area (Å²) < 4.78 is 92.8. The van der Waals surface area contributed by atoms with Crippen LogP contribution in [-0.2, 0) is 31.0 Å². The molecule has 0 aromatic heterocycles. The lowest BCUT2D eigenvalue weighted by Crippen LogP contribution is -2.52. The third-order valence-electron chi connectivity index (χ3n) is 4.81. The van der Waals surface area contributed by atoms with Crippen LogP contribution < -0.4 is 9.44 Å². The van der Waals surface area contributed by atoms with Gasteiger partial charge in [0.1, 0.15) is 0 Å². The number of nitrogens with one attached hydrogen (secondary N) is 2. The minimum absolute atomic E-state index is 0.00432. The monoisotopic (exact) mass is 485 g/mol. The number of rotatable bonds is 8. The first-order valence-electron chi connectivity index (χ1n) is 9.74. The SMILES string of the molecule is CCCS(=O)(=O)NC1CCN(C(=O)[C@H](C)NS(=O)(=O)c2ccccc2C(F)(F)F)CC1. The average molecular weight is 486 g/mol. The van der Waals surface area contributed by atoms with Gasteiger partial charge >= 0.3 is 6.18 Å². The van der Waals surface area contributed by atoms with Gasteiger partial charge in [-0.15, -0.1) is 0 Å². The molecule has 1 aliphatic rings. The standard InChI is InChI=1S/C18H26F3N3O5S2/c1-3-12-30(26,27)23-14-8-10-24(11-9-14)17(25)13(2)22-31(28,29)16-7-5-4-6-15(16)18(19,20)21/h4-7,13-14,22-23H,3,8-12H2,1-2H3/t13-/m0/s1. The Kier molecular flexibility index (Phi) is 8.11. The van der Waals surface area contributed by atoms with E-state index in [0.717, 1.165) is 12.1 Å². The molecular formula is C18H26F3N3O5S2. The van der Waals surface area contributed by atoms with Gasteiger partial charge in [0.25, 0.3) is 0 Å². The van der Waals surface area contributed by atoms with Gasteiger partial charge in [-0.05, 0) is 38.3 Å². The predicted molar refractivity (Wildman–Crippen MR) is 108 cm³/mol. The molecule has 0 saturated carbocycles. The highest BCUT2D eigenvalue weighted by Gasteiger charge is 2.38. The van der Waals surface area contributed by atoms with Crippen molar-refractivity contribution in [2.75, 3.05) is 18.8 Å². The molecule has 1 aliphatic heterocycles. The lowest BCUT2D eigenvalue weighted by molar-refractivity contribution is -0.139. The molecule has 176 valence electrons. The van der Waals surface area contributed by atoms with Crippen LogP contribution in [0.2, 0.25) is 0 Å². The molecule has 1 aromatic carbocycles. The first-order chi connectivity index (χ1) is 14.3. The summed E-state index contributed by atoms with van der Waals surface area (Å²) in [5.41, 5.74) is -1.32. The van der Waals surface area contributed by atoms with E-state index >= 15 is 0 Å². The van der Waals surface area contributed by atoms with E-state index in [-0.39, 0.29) is 24.9 Å². The molecule has 1 saturated heterocycles. The van der Waals surface area contributed by atoms with Gasteiger partial charge in [-0.1, -0.05) is 19.1 Å². The van der Waals surface area contributed by atoms with Gasteiger partial charge in [0.05, 0.1) is 22.3 Å². The number of hydrogen-bond donors (Lipinski definition) is 2. The molecule has 1 aromatic rings. The predicted octanol–water partition coefficient (Wildman–Crippen LogP) is 1.69. The topological polar surface area (TPSA) is 113 Å². The van der Waals surface area contributed by atoms with E-state index in [2.05, 4.69) is 4.72 Å². The maximum atomic E-state index is 13.2. The summed E-state index contributed by atoms with van der Waals surface area (Å²) in [4.78, 5) is 13.0. The van der Waals surface area contributed by atoms with Crippen molar-refractivity contribution < 1.29 is 34.8 Å². The molecule has 1 atom stereocenters. The van der Waals surface area contributed by atoms with Crippen LogP contribution in [-0.4, -0.2) is 58.6 Å². The summed E-state index contributed by atoms with van der Waals surface area (Å²) in [5, 5.41) is 0. The molecule has 1 amide bonds. The second-order valence-electron chi connectivity index (χ2n) is 7.37. The quantitative estimate of drug-likeness (QED) is 0.582. The van der Waals surface area contributed by atoms with Crippen LogP contribution in [0.15, 0.2) is 29.2 Å². The number of carbonyl (C=O) groups is 1. The number of halogens is 3. The Balaban J connectivity index is 2.02. The number of likely N-dealkylation sites (tertiary alicyclic amines) is 1. The summed E-state index contributed by atoms with van der Waals surface area (Å²) in [6.07, 6.45) is -3.69. The van der Waals surface area contributed by atoms with Crippen molar-refractivity contribution in [2.45, 2.75) is 56.3 Å². The second-order valence-corrected chi connectivity index (χ2v) is 10.9. The first-order valence-corrected chi connectivity index (χ1v) is 12.9. The molecule has 1 fully saturated rings. The molecule has 13 heteroatoms. The summed E-state index contributed by atoms with van der Waals surface area (Å²) >= 11 is 0. The normalized spacial score (nSPS) is 17.5. The smallest absolute Gasteiger partial charge is 0.341 e. The Labute approximate surface area is 180 Å². The summed E-state index contributed by atoms with van der Waals surface area (Å²) in [6, 6.07) is 2.11. The number of benzene rings is 1. The minimum Gasteiger partial charge on any atom is -0.341 e. The number of alkyl halides is 3. The lowest BCUT2D eigenvalue weighted by Gasteiger charge is -2.33. The molecule has 0 unspecified atom stereocenters. The third kappa shape index (κ3) is 6.89. The fraction of sp³-hybridized carbons (Fsp3) is 0.611. The number of piperidine rings is 1. The van der Waals surface area contributed by atoms with E-state index in [1.807, 2.05) is 4.72 Å². The van der Waals surface area contributed by atoms with E-state index < -0.39 is 48.6 Å². The maximum Gasteiger partial charge on any atom is 0.417 e. The second kappa shape index (κ2) is 9.84. The molecule has 2 N–H and O–H groups in total. The van der Waals surface area contributed by atoms with Crippen LogP contribution >= 0.6 is 0 Å². The van der Waals surface area contributed by atoms with E-state index in [4.69, 9.17) is 0 Å². The van der Waals surface area contributed by atoms with Gasteiger partial charge < -0.3 is 4.90 Å². The number of nitrogens with zero attached hydrogens (tertiary/aromatic N) is 1. The Hall–Kier alpha value is -1.70.